The van der Waals surface area contributed by atoms with E-state index in [1.807, 2.05) is 0 Å². The Morgan fingerprint density at radius 2 is 1.83 bits per heavy atom. The first kappa shape index (κ1) is 16.3. The van der Waals surface area contributed by atoms with Gasteiger partial charge in [0.15, 0.2) is 5.78 Å². The molecule has 1 amide bonds. The monoisotopic (exact) mass is 326 g/mol. The minimum absolute atomic E-state index is 0.0221. The normalized spacial score (nSPS) is 15.3. The van der Waals surface area contributed by atoms with Crippen LogP contribution in [0.5, 0.6) is 0 Å². The van der Waals surface area contributed by atoms with E-state index in [1.54, 1.807) is 41.6 Å². The molecule has 3 rings (SSSR count). The highest BCUT2D eigenvalue weighted by Gasteiger charge is 2.27. The van der Waals surface area contributed by atoms with E-state index in [4.69, 9.17) is 0 Å². The number of aromatic nitrogens is 1. The number of nitrogens with zero attached hydrogens (tertiary/aromatic N) is 2. The number of carbonyl (C=O) groups excluding carboxylic acids is 2. The van der Waals surface area contributed by atoms with Crippen LogP contribution in [0.25, 0.3) is 0 Å². The lowest BCUT2D eigenvalue weighted by molar-refractivity contribution is -0.131. The molecule has 124 valence electrons. The molecule has 0 unspecified atom stereocenters. The molecule has 0 atom stereocenters. The Morgan fingerprint density at radius 3 is 2.46 bits per heavy atom. The first-order valence-corrected chi connectivity index (χ1v) is 8.10. The van der Waals surface area contributed by atoms with Crippen LogP contribution in [-0.2, 0) is 11.2 Å². The van der Waals surface area contributed by atoms with Gasteiger partial charge in [-0.05, 0) is 42.7 Å². The van der Waals surface area contributed by atoms with Gasteiger partial charge in [-0.1, -0.05) is 12.1 Å². The topological polar surface area (TPSA) is 50.3 Å². The van der Waals surface area contributed by atoms with Crippen LogP contribution < -0.4 is 0 Å². The number of hydrogen-bond donors (Lipinski definition) is 0. The smallest absolute Gasteiger partial charge is 0.226 e. The van der Waals surface area contributed by atoms with Crippen LogP contribution in [0, 0.1) is 11.7 Å². The molecule has 0 aliphatic carbocycles. The molecule has 24 heavy (non-hydrogen) atoms. The predicted octanol–water partition coefficient (Wildman–Crippen LogP) is 2.88. The van der Waals surface area contributed by atoms with Crippen LogP contribution in [0.4, 0.5) is 4.39 Å². The lowest BCUT2D eigenvalue weighted by atomic mass is 9.89. The maximum atomic E-state index is 12.9. The molecule has 0 radical (unpaired) electrons. The standard InChI is InChI=1S/C19H19FN2O2/c20-17-5-3-14(4-6-17)12-18(23)22-10-7-15(8-11-22)19(24)16-2-1-9-21-13-16/h1-6,9,13,15H,7-8,10-12H2. The second kappa shape index (κ2) is 7.34. The van der Waals surface area contributed by atoms with E-state index >= 15 is 0 Å². The summed E-state index contributed by atoms with van der Waals surface area (Å²) in [7, 11) is 0. The number of amides is 1. The van der Waals surface area contributed by atoms with Crippen molar-refractivity contribution < 1.29 is 14.0 Å². The number of pyridine rings is 1. The van der Waals surface area contributed by atoms with E-state index in [0.29, 0.717) is 31.5 Å². The number of ketones is 1. The number of rotatable bonds is 4. The van der Waals surface area contributed by atoms with Gasteiger partial charge in [-0.15, -0.1) is 0 Å². The van der Waals surface area contributed by atoms with Crippen molar-refractivity contribution in [3.8, 4) is 0 Å². The number of likely N-dealkylation sites (tertiary alicyclic amines) is 1. The molecule has 0 bridgehead atoms. The Kier molecular flexibility index (Phi) is 4.99. The lowest BCUT2D eigenvalue weighted by Crippen LogP contribution is -2.41. The summed E-state index contributed by atoms with van der Waals surface area (Å²) in [6.45, 7) is 1.16. The maximum absolute atomic E-state index is 12.9. The fourth-order valence-corrected chi connectivity index (χ4v) is 3.02. The van der Waals surface area contributed by atoms with Gasteiger partial charge in [-0.2, -0.15) is 0 Å². The second-order valence-corrected chi connectivity index (χ2v) is 6.06. The van der Waals surface area contributed by atoms with Crippen LogP contribution >= 0.6 is 0 Å². The molecule has 0 saturated carbocycles. The Hall–Kier alpha value is -2.56. The molecule has 2 heterocycles. The van der Waals surface area contributed by atoms with Crippen molar-refractivity contribution in [2.75, 3.05) is 13.1 Å². The van der Waals surface area contributed by atoms with Gasteiger partial charge in [0.05, 0.1) is 6.42 Å². The van der Waals surface area contributed by atoms with Gasteiger partial charge in [0.25, 0.3) is 0 Å². The zero-order valence-electron chi connectivity index (χ0n) is 13.3. The molecule has 0 N–H and O–H groups in total. The first-order chi connectivity index (χ1) is 11.6. The van der Waals surface area contributed by atoms with E-state index in [2.05, 4.69) is 4.98 Å². The first-order valence-electron chi connectivity index (χ1n) is 8.10. The minimum atomic E-state index is -0.305. The molecule has 0 spiro atoms. The van der Waals surface area contributed by atoms with Crippen molar-refractivity contribution in [1.29, 1.82) is 0 Å². The summed E-state index contributed by atoms with van der Waals surface area (Å²) < 4.78 is 12.9. The van der Waals surface area contributed by atoms with Crippen molar-refractivity contribution in [1.82, 2.24) is 9.88 Å². The van der Waals surface area contributed by atoms with Gasteiger partial charge in [-0.3, -0.25) is 14.6 Å². The van der Waals surface area contributed by atoms with E-state index in [0.717, 1.165) is 5.56 Å². The average Bonchev–Trinajstić information content (AvgIpc) is 2.64. The largest absolute Gasteiger partial charge is 0.342 e. The predicted molar refractivity (Wildman–Crippen MR) is 88.0 cm³/mol. The zero-order chi connectivity index (χ0) is 16.9. The summed E-state index contributed by atoms with van der Waals surface area (Å²) in [5.41, 5.74) is 1.43. The SMILES string of the molecule is O=C(c1cccnc1)C1CCN(C(=O)Cc2ccc(F)cc2)CC1. The molecular weight excluding hydrogens is 307 g/mol. The van der Waals surface area contributed by atoms with Crippen molar-refractivity contribution in [3.63, 3.8) is 0 Å². The molecule has 1 fully saturated rings. The van der Waals surface area contributed by atoms with Crippen molar-refractivity contribution in [2.24, 2.45) is 5.92 Å². The van der Waals surface area contributed by atoms with E-state index in [1.165, 1.54) is 12.1 Å². The lowest BCUT2D eigenvalue weighted by Gasteiger charge is -2.31. The third-order valence-corrected chi connectivity index (χ3v) is 4.43. The summed E-state index contributed by atoms with van der Waals surface area (Å²) in [4.78, 5) is 30.5. The average molecular weight is 326 g/mol. The molecule has 1 aromatic heterocycles. The zero-order valence-corrected chi connectivity index (χ0v) is 13.3. The maximum Gasteiger partial charge on any atom is 0.226 e. The Labute approximate surface area is 140 Å². The number of carbonyl (C=O) groups is 2. The summed E-state index contributed by atoms with van der Waals surface area (Å²) in [6.07, 6.45) is 4.84. The summed E-state index contributed by atoms with van der Waals surface area (Å²) >= 11 is 0. The van der Waals surface area contributed by atoms with Gasteiger partial charge < -0.3 is 4.90 Å². The second-order valence-electron chi connectivity index (χ2n) is 6.06. The third kappa shape index (κ3) is 3.85. The number of hydrogen-bond acceptors (Lipinski definition) is 3. The van der Waals surface area contributed by atoms with Crippen LogP contribution in [0.3, 0.4) is 0 Å². The van der Waals surface area contributed by atoms with E-state index in [-0.39, 0.29) is 29.8 Å². The van der Waals surface area contributed by atoms with Gasteiger partial charge in [0.1, 0.15) is 5.82 Å². The molecule has 1 aliphatic rings. The molecule has 5 heteroatoms. The fourth-order valence-electron chi connectivity index (χ4n) is 3.02. The van der Waals surface area contributed by atoms with Crippen LogP contribution in [0.15, 0.2) is 48.8 Å². The number of piperidine rings is 1. The summed E-state index contributed by atoms with van der Waals surface area (Å²) in [5, 5.41) is 0. The third-order valence-electron chi connectivity index (χ3n) is 4.43. The molecule has 1 aliphatic heterocycles. The van der Waals surface area contributed by atoms with Crippen LogP contribution in [-0.4, -0.2) is 34.7 Å². The van der Waals surface area contributed by atoms with Crippen molar-refractivity contribution in [3.05, 3.63) is 65.7 Å². The molecule has 4 nitrogen and oxygen atoms in total. The highest BCUT2D eigenvalue weighted by atomic mass is 19.1. The minimum Gasteiger partial charge on any atom is -0.342 e. The Bertz CT molecular complexity index is 708. The number of benzene rings is 1. The fraction of sp³-hybridized carbons (Fsp3) is 0.316. The van der Waals surface area contributed by atoms with Gasteiger partial charge in [0.2, 0.25) is 5.91 Å². The van der Waals surface area contributed by atoms with Crippen molar-refractivity contribution >= 4 is 11.7 Å². The Balaban J connectivity index is 1.54. The number of halogens is 1. The van der Waals surface area contributed by atoms with Crippen LogP contribution in [0.1, 0.15) is 28.8 Å². The van der Waals surface area contributed by atoms with E-state index < -0.39 is 0 Å². The number of Topliss-reactive ketones (excluding diaryl/α,β-unsaturated/α-hetero) is 1. The summed E-state index contributed by atoms with van der Waals surface area (Å²) in [6, 6.07) is 9.52. The Morgan fingerprint density at radius 1 is 1.12 bits per heavy atom. The molecular formula is C19H19FN2O2. The highest BCUT2D eigenvalue weighted by molar-refractivity contribution is 5.97. The van der Waals surface area contributed by atoms with Gasteiger partial charge in [-0.25, -0.2) is 4.39 Å². The molecule has 2 aromatic rings. The van der Waals surface area contributed by atoms with E-state index in [9.17, 15) is 14.0 Å². The highest BCUT2D eigenvalue weighted by Crippen LogP contribution is 2.22. The van der Waals surface area contributed by atoms with Gasteiger partial charge in [0, 0.05) is 37.0 Å². The van der Waals surface area contributed by atoms with Crippen LogP contribution in [0.2, 0.25) is 0 Å². The molecule has 1 saturated heterocycles. The quantitative estimate of drug-likeness (QED) is 0.812. The summed E-state index contributed by atoms with van der Waals surface area (Å²) in [5.74, 6) is -0.229. The van der Waals surface area contributed by atoms with Crippen molar-refractivity contribution in [2.45, 2.75) is 19.3 Å². The molecule has 1 aromatic carbocycles. The van der Waals surface area contributed by atoms with Gasteiger partial charge >= 0.3 is 0 Å².